The van der Waals surface area contributed by atoms with Crippen molar-refractivity contribution < 1.29 is 19.1 Å². The number of methoxy groups -OCH3 is 1. The fourth-order valence-corrected chi connectivity index (χ4v) is 2.69. The molecule has 0 unspecified atom stereocenters. The molecular formula is C24H33N3O4. The number of hydrogen-bond acceptors (Lipinski definition) is 5. The van der Waals surface area contributed by atoms with Gasteiger partial charge in [-0.2, -0.15) is 0 Å². The van der Waals surface area contributed by atoms with Crippen LogP contribution in [-0.4, -0.2) is 45.2 Å². The van der Waals surface area contributed by atoms with E-state index in [1.54, 1.807) is 31.4 Å². The number of nitrogens with one attached hydrogen (secondary N) is 3. The van der Waals surface area contributed by atoms with Gasteiger partial charge in [0.25, 0.3) is 5.91 Å². The predicted molar refractivity (Wildman–Crippen MR) is 124 cm³/mol. The molecule has 3 N–H and O–H groups in total. The molecule has 0 bridgehead atoms. The fraction of sp³-hybridized carbons (Fsp3) is 0.417. The molecule has 0 heterocycles. The summed E-state index contributed by atoms with van der Waals surface area (Å²) in [5.41, 5.74) is 2.02. The van der Waals surface area contributed by atoms with Gasteiger partial charge in [0.1, 0.15) is 5.75 Å². The molecule has 31 heavy (non-hydrogen) atoms. The Morgan fingerprint density at radius 1 is 0.935 bits per heavy atom. The smallest absolute Gasteiger partial charge is 0.251 e. The van der Waals surface area contributed by atoms with E-state index in [0.717, 1.165) is 24.3 Å². The summed E-state index contributed by atoms with van der Waals surface area (Å²) in [6, 6.07) is 14.4. The van der Waals surface area contributed by atoms with E-state index in [9.17, 15) is 9.59 Å². The van der Waals surface area contributed by atoms with E-state index in [4.69, 9.17) is 9.47 Å². The highest BCUT2D eigenvalue weighted by Crippen LogP contribution is 2.16. The summed E-state index contributed by atoms with van der Waals surface area (Å²) < 4.78 is 10.6. The summed E-state index contributed by atoms with van der Waals surface area (Å²) in [5.74, 6) is 1.11. The van der Waals surface area contributed by atoms with E-state index >= 15 is 0 Å². The van der Waals surface area contributed by atoms with Crippen LogP contribution in [0.3, 0.4) is 0 Å². The van der Waals surface area contributed by atoms with Crippen LogP contribution in [0.15, 0.2) is 48.5 Å². The number of rotatable bonds is 13. The van der Waals surface area contributed by atoms with Crippen molar-refractivity contribution in [2.75, 3.05) is 44.0 Å². The normalized spacial score (nSPS) is 10.6. The van der Waals surface area contributed by atoms with Crippen LogP contribution in [0.2, 0.25) is 0 Å². The van der Waals surface area contributed by atoms with Crippen molar-refractivity contribution in [3.63, 3.8) is 0 Å². The monoisotopic (exact) mass is 427 g/mol. The molecule has 2 rings (SSSR count). The van der Waals surface area contributed by atoms with Gasteiger partial charge in [-0.3, -0.25) is 9.59 Å². The Balaban J connectivity index is 1.72. The lowest BCUT2D eigenvalue weighted by Gasteiger charge is -2.11. The first-order chi connectivity index (χ1) is 15.0. The van der Waals surface area contributed by atoms with Crippen molar-refractivity contribution in [2.45, 2.75) is 26.7 Å². The molecule has 0 aliphatic carbocycles. The van der Waals surface area contributed by atoms with Gasteiger partial charge in [-0.05, 0) is 67.3 Å². The van der Waals surface area contributed by atoms with E-state index in [1.807, 2.05) is 24.3 Å². The van der Waals surface area contributed by atoms with Crippen molar-refractivity contribution in [3.8, 4) is 5.75 Å². The zero-order valence-electron chi connectivity index (χ0n) is 18.6. The molecule has 2 aromatic carbocycles. The van der Waals surface area contributed by atoms with Gasteiger partial charge in [0, 0.05) is 37.2 Å². The second kappa shape index (κ2) is 13.3. The maximum absolute atomic E-state index is 12.2. The first-order valence-electron chi connectivity index (χ1n) is 10.6. The molecule has 7 heteroatoms. The van der Waals surface area contributed by atoms with E-state index in [-0.39, 0.29) is 18.4 Å². The Kier molecular flexibility index (Phi) is 10.4. The summed E-state index contributed by atoms with van der Waals surface area (Å²) in [5, 5.41) is 8.73. The van der Waals surface area contributed by atoms with Crippen molar-refractivity contribution >= 4 is 23.2 Å². The molecule has 0 radical (unpaired) electrons. The third kappa shape index (κ3) is 9.53. The van der Waals surface area contributed by atoms with Gasteiger partial charge in [-0.1, -0.05) is 13.8 Å². The number of benzene rings is 2. The topological polar surface area (TPSA) is 88.7 Å². The average molecular weight is 428 g/mol. The molecular weight excluding hydrogens is 394 g/mol. The minimum Gasteiger partial charge on any atom is -0.494 e. The largest absolute Gasteiger partial charge is 0.494 e. The lowest BCUT2D eigenvalue weighted by molar-refractivity contribution is -0.114. The molecule has 7 nitrogen and oxygen atoms in total. The molecule has 2 amide bonds. The molecule has 168 valence electrons. The standard InChI is InChI=1S/C24H33N3O4/c1-18(2)13-16-31-22-11-9-20(10-12-22)26-17-23(28)27-21-7-5-19(6-8-21)24(29)25-14-4-15-30-3/h5-12,18,26H,4,13-17H2,1-3H3,(H,25,29)(H,27,28). The van der Waals surface area contributed by atoms with Crippen LogP contribution in [0.5, 0.6) is 5.75 Å². The number of anilines is 2. The summed E-state index contributed by atoms with van der Waals surface area (Å²) in [6.07, 6.45) is 1.78. The molecule has 0 fully saturated rings. The molecule has 0 saturated carbocycles. The van der Waals surface area contributed by atoms with Crippen LogP contribution in [0.25, 0.3) is 0 Å². The van der Waals surface area contributed by atoms with Crippen molar-refractivity contribution in [3.05, 3.63) is 54.1 Å². The molecule has 2 aromatic rings. The Bertz CT molecular complexity index is 805. The number of ether oxygens (including phenoxy) is 2. The minimum absolute atomic E-state index is 0.134. The first kappa shape index (κ1) is 24.2. The number of amides is 2. The highest BCUT2D eigenvalue weighted by Gasteiger charge is 2.07. The zero-order valence-corrected chi connectivity index (χ0v) is 18.6. The summed E-state index contributed by atoms with van der Waals surface area (Å²) >= 11 is 0. The zero-order chi connectivity index (χ0) is 22.5. The number of hydrogen-bond donors (Lipinski definition) is 3. The Hall–Kier alpha value is -3.06. The Labute approximate surface area is 184 Å². The summed E-state index contributed by atoms with van der Waals surface area (Å²) in [4.78, 5) is 24.2. The average Bonchev–Trinajstić information content (AvgIpc) is 2.76. The molecule has 0 atom stereocenters. The quantitative estimate of drug-likeness (QED) is 0.422. The Morgan fingerprint density at radius 3 is 2.26 bits per heavy atom. The molecule has 0 spiro atoms. The van der Waals surface area contributed by atoms with Gasteiger partial charge in [0.2, 0.25) is 5.91 Å². The maximum atomic E-state index is 12.2. The van der Waals surface area contributed by atoms with Gasteiger partial charge in [0.05, 0.1) is 13.2 Å². The minimum atomic E-state index is -0.172. The number of carbonyl (C=O) groups is 2. The summed E-state index contributed by atoms with van der Waals surface area (Å²) in [7, 11) is 1.63. The Morgan fingerprint density at radius 2 is 1.61 bits per heavy atom. The van der Waals surface area contributed by atoms with Gasteiger partial charge in [-0.15, -0.1) is 0 Å². The van der Waals surface area contributed by atoms with Crippen LogP contribution in [-0.2, 0) is 9.53 Å². The SMILES string of the molecule is COCCCNC(=O)c1ccc(NC(=O)CNc2ccc(OCCC(C)C)cc2)cc1. The lowest BCUT2D eigenvalue weighted by atomic mass is 10.1. The van der Waals surface area contributed by atoms with Crippen molar-refractivity contribution in [1.29, 1.82) is 0 Å². The van der Waals surface area contributed by atoms with Crippen molar-refractivity contribution in [2.24, 2.45) is 5.92 Å². The second-order valence-corrected chi connectivity index (χ2v) is 7.64. The first-order valence-corrected chi connectivity index (χ1v) is 10.6. The van der Waals surface area contributed by atoms with E-state index in [1.165, 1.54) is 0 Å². The maximum Gasteiger partial charge on any atom is 0.251 e. The van der Waals surface area contributed by atoms with Crippen LogP contribution in [0.4, 0.5) is 11.4 Å². The number of carbonyl (C=O) groups excluding carboxylic acids is 2. The third-order valence-corrected chi connectivity index (χ3v) is 4.51. The fourth-order valence-electron chi connectivity index (χ4n) is 2.69. The lowest BCUT2D eigenvalue weighted by Crippen LogP contribution is -2.25. The van der Waals surface area contributed by atoms with Gasteiger partial charge in [-0.25, -0.2) is 0 Å². The summed E-state index contributed by atoms with van der Waals surface area (Å²) in [6.45, 7) is 6.32. The second-order valence-electron chi connectivity index (χ2n) is 7.64. The van der Waals surface area contributed by atoms with E-state index in [2.05, 4.69) is 29.8 Å². The third-order valence-electron chi connectivity index (χ3n) is 4.51. The molecule has 0 aromatic heterocycles. The van der Waals surface area contributed by atoms with Gasteiger partial charge >= 0.3 is 0 Å². The highest BCUT2D eigenvalue weighted by atomic mass is 16.5. The van der Waals surface area contributed by atoms with Crippen LogP contribution in [0, 0.1) is 5.92 Å². The molecule has 0 saturated heterocycles. The van der Waals surface area contributed by atoms with Crippen LogP contribution >= 0.6 is 0 Å². The predicted octanol–water partition coefficient (Wildman–Crippen LogP) is 3.93. The van der Waals surface area contributed by atoms with E-state index in [0.29, 0.717) is 36.9 Å². The van der Waals surface area contributed by atoms with Crippen LogP contribution < -0.4 is 20.7 Å². The van der Waals surface area contributed by atoms with Gasteiger partial charge < -0.3 is 25.4 Å². The van der Waals surface area contributed by atoms with Crippen molar-refractivity contribution in [1.82, 2.24) is 5.32 Å². The highest BCUT2D eigenvalue weighted by molar-refractivity contribution is 5.96. The molecule has 0 aliphatic rings. The van der Waals surface area contributed by atoms with E-state index < -0.39 is 0 Å². The van der Waals surface area contributed by atoms with Crippen LogP contribution in [0.1, 0.15) is 37.0 Å². The van der Waals surface area contributed by atoms with Gasteiger partial charge in [0.15, 0.2) is 0 Å². The molecule has 0 aliphatic heterocycles.